The number of nitrogens with zero attached hydrogens (tertiary/aromatic N) is 2. The second-order valence-electron chi connectivity index (χ2n) is 8.59. The summed E-state index contributed by atoms with van der Waals surface area (Å²) in [6, 6.07) is 14.8. The number of amidine groups is 1. The van der Waals surface area contributed by atoms with Crippen LogP contribution in [0, 0.1) is 5.82 Å². The number of amides is 1. The van der Waals surface area contributed by atoms with Gasteiger partial charge in [-0.3, -0.25) is 15.1 Å². The summed E-state index contributed by atoms with van der Waals surface area (Å²) in [7, 11) is 0. The van der Waals surface area contributed by atoms with Crippen molar-refractivity contribution < 1.29 is 9.18 Å². The minimum absolute atomic E-state index is 0.133. The van der Waals surface area contributed by atoms with Crippen molar-refractivity contribution in [3.05, 3.63) is 65.5 Å². The third kappa shape index (κ3) is 3.49. The fraction of sp³-hybridized carbons (Fsp3) is 0.417. The van der Waals surface area contributed by atoms with E-state index in [1.807, 2.05) is 12.1 Å². The van der Waals surface area contributed by atoms with E-state index >= 15 is 0 Å². The van der Waals surface area contributed by atoms with Crippen molar-refractivity contribution in [2.75, 3.05) is 18.4 Å². The Hall–Kier alpha value is -2.73. The van der Waals surface area contributed by atoms with E-state index in [-0.39, 0.29) is 11.5 Å². The van der Waals surface area contributed by atoms with Gasteiger partial charge in [-0.1, -0.05) is 43.2 Å². The number of para-hydroxylation sites is 1. The van der Waals surface area contributed by atoms with Crippen LogP contribution in [0.2, 0.25) is 0 Å². The summed E-state index contributed by atoms with van der Waals surface area (Å²) in [5.41, 5.74) is 1.95. The number of hydrogen-bond acceptors (Lipinski definition) is 3. The smallest absolute Gasteiger partial charge is 0.256 e. The molecule has 3 aliphatic rings. The fourth-order valence-electron chi connectivity index (χ4n) is 4.89. The van der Waals surface area contributed by atoms with E-state index in [1.165, 1.54) is 24.5 Å². The molecule has 0 unspecified atom stereocenters. The van der Waals surface area contributed by atoms with Gasteiger partial charge in [0.05, 0.1) is 17.1 Å². The molecular weight excluding hydrogens is 379 g/mol. The topological polar surface area (TPSA) is 56.7 Å². The maximum Gasteiger partial charge on any atom is 0.256 e. The molecule has 1 atom stereocenters. The summed E-state index contributed by atoms with van der Waals surface area (Å²) in [4.78, 5) is 19.9. The molecule has 5 nitrogen and oxygen atoms in total. The molecule has 6 heteroatoms. The lowest BCUT2D eigenvalue weighted by Crippen LogP contribution is -2.55. The Morgan fingerprint density at radius 3 is 2.70 bits per heavy atom. The van der Waals surface area contributed by atoms with E-state index in [2.05, 4.69) is 22.8 Å². The zero-order valence-corrected chi connectivity index (χ0v) is 17.0. The molecule has 1 saturated heterocycles. The Bertz CT molecular complexity index is 985. The molecule has 1 saturated carbocycles. The lowest BCUT2D eigenvalue weighted by molar-refractivity contribution is 0.0781. The lowest BCUT2D eigenvalue weighted by Gasteiger charge is -2.31. The van der Waals surface area contributed by atoms with Crippen molar-refractivity contribution >= 4 is 17.4 Å². The third-order valence-electron chi connectivity index (χ3n) is 6.64. The summed E-state index contributed by atoms with van der Waals surface area (Å²) in [6.07, 6.45) is 5.41. The first-order chi connectivity index (χ1) is 14.6. The van der Waals surface area contributed by atoms with E-state index in [0.29, 0.717) is 25.7 Å². The number of benzene rings is 2. The van der Waals surface area contributed by atoms with Crippen molar-refractivity contribution in [1.29, 1.82) is 0 Å². The molecule has 2 heterocycles. The highest BCUT2D eigenvalue weighted by Crippen LogP contribution is 2.32. The van der Waals surface area contributed by atoms with E-state index in [4.69, 9.17) is 4.99 Å². The van der Waals surface area contributed by atoms with Crippen molar-refractivity contribution in [2.45, 2.75) is 50.2 Å². The number of nitrogens with one attached hydrogen (secondary N) is 2. The van der Waals surface area contributed by atoms with Crippen molar-refractivity contribution in [3.63, 3.8) is 0 Å². The zero-order chi connectivity index (χ0) is 20.6. The minimum Gasteiger partial charge on any atom is -0.342 e. The summed E-state index contributed by atoms with van der Waals surface area (Å²) in [6.45, 7) is 1.75. The normalized spacial score (nSPS) is 25.4. The van der Waals surface area contributed by atoms with Crippen LogP contribution in [0.25, 0.3) is 0 Å². The van der Waals surface area contributed by atoms with Crippen molar-refractivity contribution in [1.82, 2.24) is 10.2 Å². The molecule has 2 N–H and O–H groups in total. The number of halogens is 1. The molecule has 2 aromatic rings. The van der Waals surface area contributed by atoms with Gasteiger partial charge in [0.25, 0.3) is 5.91 Å². The molecular formula is C24H27FN4O. The van der Waals surface area contributed by atoms with Gasteiger partial charge >= 0.3 is 0 Å². The number of fused-ring (bicyclic) bond motifs is 1. The number of carbonyl (C=O) groups is 1. The van der Waals surface area contributed by atoms with Gasteiger partial charge in [0, 0.05) is 25.3 Å². The van der Waals surface area contributed by atoms with Gasteiger partial charge in [0.2, 0.25) is 0 Å². The highest BCUT2D eigenvalue weighted by Gasteiger charge is 2.46. The van der Waals surface area contributed by atoms with Crippen LogP contribution < -0.4 is 10.6 Å². The molecule has 5 rings (SSSR count). The Morgan fingerprint density at radius 1 is 1.10 bits per heavy atom. The first kappa shape index (κ1) is 19.2. The SMILES string of the molecule is O=C(c1ccccc1F)N1CC[C@@]2(C1)NCc1ccccc1NC2=NC1CCCC1. The predicted molar refractivity (Wildman–Crippen MR) is 116 cm³/mol. The van der Waals surface area contributed by atoms with E-state index in [0.717, 1.165) is 30.8 Å². The number of rotatable bonds is 2. The molecule has 1 amide bonds. The number of carbonyl (C=O) groups excluding carboxylic acids is 1. The van der Waals surface area contributed by atoms with Crippen LogP contribution in [0.5, 0.6) is 0 Å². The molecule has 2 fully saturated rings. The second-order valence-corrected chi connectivity index (χ2v) is 8.59. The number of likely N-dealkylation sites (tertiary alicyclic amines) is 1. The molecule has 0 bridgehead atoms. The van der Waals surface area contributed by atoms with Crippen LogP contribution >= 0.6 is 0 Å². The van der Waals surface area contributed by atoms with Gasteiger partial charge < -0.3 is 10.2 Å². The van der Waals surface area contributed by atoms with E-state index in [9.17, 15) is 9.18 Å². The van der Waals surface area contributed by atoms with Gasteiger partial charge in [0.1, 0.15) is 11.7 Å². The maximum absolute atomic E-state index is 14.2. The van der Waals surface area contributed by atoms with Crippen LogP contribution in [-0.4, -0.2) is 41.3 Å². The van der Waals surface area contributed by atoms with E-state index < -0.39 is 11.4 Å². The molecule has 0 aromatic heterocycles. The second kappa shape index (κ2) is 7.84. The molecule has 0 radical (unpaired) electrons. The standard InChI is InChI=1S/C24H27FN4O/c25-20-11-5-4-10-19(20)22(30)29-14-13-24(16-29)23(27-18-8-2-3-9-18)28-21-12-6-1-7-17(21)15-26-24/h1,4-7,10-12,18,26H,2-3,8-9,13-16H2,(H,27,28)/t24-/m0/s1. The highest BCUT2D eigenvalue weighted by atomic mass is 19.1. The Morgan fingerprint density at radius 2 is 1.87 bits per heavy atom. The molecule has 2 aromatic carbocycles. The predicted octanol–water partition coefficient (Wildman–Crippen LogP) is 3.97. The summed E-state index contributed by atoms with van der Waals surface area (Å²) in [5.74, 6) is 0.194. The van der Waals surface area contributed by atoms with Crippen molar-refractivity contribution in [2.24, 2.45) is 4.99 Å². The van der Waals surface area contributed by atoms with E-state index in [1.54, 1.807) is 23.1 Å². The molecule has 30 heavy (non-hydrogen) atoms. The van der Waals surface area contributed by atoms with Crippen LogP contribution in [0.3, 0.4) is 0 Å². The molecule has 156 valence electrons. The highest BCUT2D eigenvalue weighted by molar-refractivity contribution is 6.05. The number of aliphatic imine (C=N–C) groups is 1. The number of anilines is 1. The third-order valence-corrected chi connectivity index (χ3v) is 6.64. The van der Waals surface area contributed by atoms with Gasteiger partial charge in [-0.25, -0.2) is 4.39 Å². The first-order valence-electron chi connectivity index (χ1n) is 10.9. The summed E-state index contributed by atoms with van der Waals surface area (Å²) >= 11 is 0. The number of hydrogen-bond donors (Lipinski definition) is 2. The van der Waals surface area contributed by atoms with Crippen LogP contribution in [0.4, 0.5) is 10.1 Å². The Balaban J connectivity index is 1.46. The fourth-order valence-corrected chi connectivity index (χ4v) is 4.89. The van der Waals surface area contributed by atoms with Crippen LogP contribution in [-0.2, 0) is 6.54 Å². The Labute approximate surface area is 176 Å². The lowest BCUT2D eigenvalue weighted by atomic mass is 9.96. The van der Waals surface area contributed by atoms with Gasteiger partial charge in [-0.05, 0) is 43.0 Å². The quantitative estimate of drug-likeness (QED) is 0.794. The average molecular weight is 407 g/mol. The van der Waals surface area contributed by atoms with Gasteiger partial charge in [-0.2, -0.15) is 0 Å². The summed E-state index contributed by atoms with van der Waals surface area (Å²) < 4.78 is 14.2. The largest absolute Gasteiger partial charge is 0.342 e. The van der Waals surface area contributed by atoms with Crippen LogP contribution in [0.1, 0.15) is 48.0 Å². The first-order valence-corrected chi connectivity index (χ1v) is 10.9. The van der Waals surface area contributed by atoms with Crippen molar-refractivity contribution in [3.8, 4) is 0 Å². The molecule has 1 aliphatic carbocycles. The zero-order valence-electron chi connectivity index (χ0n) is 17.0. The monoisotopic (exact) mass is 406 g/mol. The molecule has 2 aliphatic heterocycles. The maximum atomic E-state index is 14.2. The van der Waals surface area contributed by atoms with Gasteiger partial charge in [-0.15, -0.1) is 0 Å². The minimum atomic E-state index is -0.470. The summed E-state index contributed by atoms with van der Waals surface area (Å²) in [5, 5.41) is 7.31. The van der Waals surface area contributed by atoms with Crippen LogP contribution in [0.15, 0.2) is 53.5 Å². The van der Waals surface area contributed by atoms with Gasteiger partial charge in [0.15, 0.2) is 0 Å². The molecule has 1 spiro atoms. The Kier molecular flexibility index (Phi) is 5.03. The average Bonchev–Trinajstić information content (AvgIpc) is 3.40.